The van der Waals surface area contributed by atoms with Crippen molar-refractivity contribution in [3.63, 3.8) is 0 Å². The minimum atomic E-state index is -3.50. The minimum absolute atomic E-state index is 0.0572. The molecule has 0 spiro atoms. The number of benzene rings is 2. The number of nitrogens with zero attached hydrogens (tertiary/aromatic N) is 3. The smallest absolute Gasteiger partial charge is 0.253 e. The van der Waals surface area contributed by atoms with Gasteiger partial charge < -0.3 is 4.90 Å². The molecule has 1 N–H and O–H groups in total. The molecule has 0 atom stereocenters. The fourth-order valence-electron chi connectivity index (χ4n) is 3.88. The Hall–Kier alpha value is -2.59. The number of hydrogen-bond acceptors (Lipinski definition) is 6. The predicted molar refractivity (Wildman–Crippen MR) is 129 cm³/mol. The van der Waals surface area contributed by atoms with Gasteiger partial charge in [0.1, 0.15) is 5.01 Å². The van der Waals surface area contributed by atoms with Crippen LogP contribution in [0.15, 0.2) is 64.9 Å². The van der Waals surface area contributed by atoms with E-state index in [0.29, 0.717) is 18.7 Å². The predicted octanol–water partition coefficient (Wildman–Crippen LogP) is 3.21. The Kier molecular flexibility index (Phi) is 6.29. The highest BCUT2D eigenvalue weighted by atomic mass is 32.2. The Balaban J connectivity index is 1.15. The molecular weight excluding hydrogens is 456 g/mol. The minimum Gasteiger partial charge on any atom is -0.336 e. The molecule has 9 heteroatoms. The lowest BCUT2D eigenvalue weighted by Gasteiger charge is -2.34. The summed E-state index contributed by atoms with van der Waals surface area (Å²) in [5, 5.41) is 3.13. The number of aromatic nitrogens is 1. The summed E-state index contributed by atoms with van der Waals surface area (Å²) < 4.78 is 27.3. The van der Waals surface area contributed by atoms with Crippen molar-refractivity contribution in [2.75, 3.05) is 26.2 Å². The Morgan fingerprint density at radius 3 is 2.36 bits per heavy atom. The molecule has 3 aromatic rings. The lowest BCUT2D eigenvalue weighted by molar-refractivity contribution is 0.0627. The van der Waals surface area contributed by atoms with Crippen molar-refractivity contribution < 1.29 is 13.2 Å². The third-order valence-corrected chi connectivity index (χ3v) is 8.40. The normalized spacial score (nSPS) is 17.3. The molecule has 2 aliphatic rings. The van der Waals surface area contributed by atoms with E-state index in [0.717, 1.165) is 48.7 Å². The Morgan fingerprint density at radius 1 is 1.00 bits per heavy atom. The molecule has 1 saturated heterocycles. The fourth-order valence-corrected chi connectivity index (χ4v) is 6.00. The molecule has 172 valence electrons. The maximum Gasteiger partial charge on any atom is 0.253 e. The van der Waals surface area contributed by atoms with Crippen LogP contribution >= 0.6 is 11.3 Å². The van der Waals surface area contributed by atoms with Gasteiger partial charge in [-0.15, -0.1) is 11.3 Å². The number of amides is 1. The highest BCUT2D eigenvalue weighted by Crippen LogP contribution is 2.25. The second-order valence-electron chi connectivity index (χ2n) is 8.50. The van der Waals surface area contributed by atoms with Gasteiger partial charge in [0.15, 0.2) is 0 Å². The number of hydrogen-bond donors (Lipinski definition) is 1. The molecule has 1 amide bonds. The number of carbonyl (C=O) groups is 1. The van der Waals surface area contributed by atoms with Crippen molar-refractivity contribution in [1.29, 1.82) is 0 Å². The highest BCUT2D eigenvalue weighted by molar-refractivity contribution is 7.89. The summed E-state index contributed by atoms with van der Waals surface area (Å²) in [5.74, 6) is -0.0613. The fraction of sp³-hybridized carbons (Fsp3) is 0.333. The van der Waals surface area contributed by atoms with Crippen LogP contribution in [0, 0.1) is 0 Å². The van der Waals surface area contributed by atoms with Gasteiger partial charge in [-0.25, -0.2) is 18.1 Å². The van der Waals surface area contributed by atoms with E-state index in [1.54, 1.807) is 23.5 Å². The summed E-state index contributed by atoms with van der Waals surface area (Å²) >= 11 is 1.65. The number of thiazole rings is 1. The van der Waals surface area contributed by atoms with Gasteiger partial charge in [-0.05, 0) is 37.1 Å². The van der Waals surface area contributed by atoms with Crippen molar-refractivity contribution in [2.45, 2.75) is 30.3 Å². The van der Waals surface area contributed by atoms with Crippen molar-refractivity contribution in [1.82, 2.24) is 19.5 Å². The van der Waals surface area contributed by atoms with E-state index in [-0.39, 0.29) is 16.8 Å². The maximum absolute atomic E-state index is 12.9. The third kappa shape index (κ3) is 5.33. The first-order valence-corrected chi connectivity index (χ1v) is 13.5. The zero-order chi connectivity index (χ0) is 22.8. The molecule has 0 bridgehead atoms. The number of sulfonamides is 1. The Morgan fingerprint density at radius 2 is 1.70 bits per heavy atom. The lowest BCUT2D eigenvalue weighted by atomic mass is 10.2. The SMILES string of the molecule is O=C(c1ccc(S(=O)(=O)NC2CC2)cc1)N1CCN(Cc2csc(-c3ccccc3)n2)CC1. The molecule has 7 nitrogen and oxygen atoms in total. The molecule has 0 radical (unpaired) electrons. The van der Waals surface area contributed by atoms with Crippen LogP contribution in [-0.4, -0.2) is 61.3 Å². The van der Waals surface area contributed by atoms with Gasteiger partial charge >= 0.3 is 0 Å². The molecule has 1 aliphatic carbocycles. The Bertz CT molecular complexity index is 1210. The lowest BCUT2D eigenvalue weighted by Crippen LogP contribution is -2.48. The molecule has 5 rings (SSSR count). The molecule has 2 heterocycles. The molecule has 2 fully saturated rings. The maximum atomic E-state index is 12.9. The van der Waals surface area contributed by atoms with Crippen LogP contribution in [0.4, 0.5) is 0 Å². The first-order valence-electron chi connectivity index (χ1n) is 11.1. The second kappa shape index (κ2) is 9.34. The van der Waals surface area contributed by atoms with Gasteiger partial charge in [0, 0.05) is 55.3 Å². The van der Waals surface area contributed by atoms with Gasteiger partial charge in [0.25, 0.3) is 5.91 Å². The van der Waals surface area contributed by atoms with Crippen molar-refractivity contribution in [2.24, 2.45) is 0 Å². The van der Waals surface area contributed by atoms with E-state index < -0.39 is 10.0 Å². The van der Waals surface area contributed by atoms with Gasteiger partial charge in [-0.3, -0.25) is 9.69 Å². The molecule has 1 aliphatic heterocycles. The van der Waals surface area contributed by atoms with Crippen LogP contribution in [0.3, 0.4) is 0 Å². The zero-order valence-corrected chi connectivity index (χ0v) is 19.8. The van der Waals surface area contributed by atoms with Crippen molar-refractivity contribution in [3.05, 3.63) is 71.2 Å². The standard InChI is InChI=1S/C24H26N4O3S2/c29-24(19-6-10-22(11-7-19)33(30,31)26-20-8-9-20)28-14-12-27(13-15-28)16-21-17-32-23(25-21)18-4-2-1-3-5-18/h1-7,10-11,17,20,26H,8-9,12-16H2. The number of piperazine rings is 1. The van der Waals surface area contributed by atoms with Crippen LogP contribution < -0.4 is 4.72 Å². The van der Waals surface area contributed by atoms with Gasteiger partial charge in [0.2, 0.25) is 10.0 Å². The van der Waals surface area contributed by atoms with Crippen molar-refractivity contribution >= 4 is 27.3 Å². The average molecular weight is 483 g/mol. The highest BCUT2D eigenvalue weighted by Gasteiger charge is 2.28. The molecular formula is C24H26N4O3S2. The summed E-state index contributed by atoms with van der Waals surface area (Å²) in [6, 6.07) is 16.5. The van der Waals surface area contributed by atoms with Crippen LogP contribution in [0.5, 0.6) is 0 Å². The van der Waals surface area contributed by atoms with Gasteiger partial charge in [0.05, 0.1) is 10.6 Å². The third-order valence-electron chi connectivity index (χ3n) is 5.93. The van der Waals surface area contributed by atoms with Crippen LogP contribution in [0.25, 0.3) is 10.6 Å². The summed E-state index contributed by atoms with van der Waals surface area (Å²) in [5.41, 5.74) is 2.70. The molecule has 33 heavy (non-hydrogen) atoms. The first-order chi connectivity index (χ1) is 16.0. The largest absolute Gasteiger partial charge is 0.336 e. The quantitative estimate of drug-likeness (QED) is 0.559. The van der Waals surface area contributed by atoms with E-state index >= 15 is 0 Å². The molecule has 2 aromatic carbocycles. The van der Waals surface area contributed by atoms with E-state index in [1.807, 2.05) is 23.1 Å². The number of nitrogens with one attached hydrogen (secondary N) is 1. The van der Waals surface area contributed by atoms with Gasteiger partial charge in [-0.2, -0.15) is 0 Å². The topological polar surface area (TPSA) is 82.6 Å². The van der Waals surface area contributed by atoms with E-state index in [1.165, 1.54) is 12.1 Å². The second-order valence-corrected chi connectivity index (χ2v) is 11.1. The summed E-state index contributed by atoms with van der Waals surface area (Å²) in [7, 11) is -3.50. The Labute approximate surface area is 198 Å². The van der Waals surface area contributed by atoms with Crippen LogP contribution in [0.1, 0.15) is 28.9 Å². The first kappa shape index (κ1) is 22.2. The summed E-state index contributed by atoms with van der Waals surface area (Å²) in [6.07, 6.45) is 1.77. The monoisotopic (exact) mass is 482 g/mol. The van der Waals surface area contributed by atoms with Crippen molar-refractivity contribution in [3.8, 4) is 10.6 Å². The van der Waals surface area contributed by atoms with Crippen LogP contribution in [0.2, 0.25) is 0 Å². The van der Waals surface area contributed by atoms with E-state index in [4.69, 9.17) is 4.98 Å². The summed E-state index contributed by atoms with van der Waals surface area (Å²) in [4.78, 5) is 22.0. The van der Waals surface area contributed by atoms with Gasteiger partial charge in [-0.1, -0.05) is 30.3 Å². The molecule has 0 unspecified atom stereocenters. The number of carbonyl (C=O) groups excluding carboxylic acids is 1. The summed E-state index contributed by atoms with van der Waals surface area (Å²) in [6.45, 7) is 3.60. The number of rotatable bonds is 7. The van der Waals surface area contributed by atoms with E-state index in [2.05, 4.69) is 27.1 Å². The average Bonchev–Trinajstić information content (AvgIpc) is 3.52. The molecule has 1 aromatic heterocycles. The molecule has 1 saturated carbocycles. The zero-order valence-electron chi connectivity index (χ0n) is 18.2. The van der Waals surface area contributed by atoms with E-state index in [9.17, 15) is 13.2 Å². The van der Waals surface area contributed by atoms with Crippen LogP contribution in [-0.2, 0) is 16.6 Å².